The molecule has 17 heavy (non-hydrogen) atoms. The first-order valence-corrected chi connectivity index (χ1v) is 6.61. The summed E-state index contributed by atoms with van der Waals surface area (Å²) in [7, 11) is 4.03. The molecule has 1 saturated heterocycles. The fourth-order valence-electron chi connectivity index (χ4n) is 2.22. The topological polar surface area (TPSA) is 49.6 Å². The molecule has 0 aliphatic carbocycles. The molecule has 4 heteroatoms. The Balaban J connectivity index is 2.36. The number of nitrogens with two attached hydrogens (primary N) is 1. The van der Waals surface area contributed by atoms with Crippen molar-refractivity contribution >= 4 is 5.91 Å². The third-order valence-corrected chi connectivity index (χ3v) is 3.85. The quantitative estimate of drug-likeness (QED) is 0.778. The normalized spacial score (nSPS) is 23.1. The van der Waals surface area contributed by atoms with Gasteiger partial charge in [-0.1, -0.05) is 13.8 Å². The van der Waals surface area contributed by atoms with Crippen LogP contribution in [0.5, 0.6) is 0 Å². The summed E-state index contributed by atoms with van der Waals surface area (Å²) in [4.78, 5) is 16.2. The zero-order valence-electron chi connectivity index (χ0n) is 11.6. The summed E-state index contributed by atoms with van der Waals surface area (Å²) in [6.07, 6.45) is 2.91. The molecule has 100 valence electrons. The highest BCUT2D eigenvalue weighted by Crippen LogP contribution is 2.16. The Labute approximate surface area is 105 Å². The minimum absolute atomic E-state index is 0.0220. The first-order valence-electron chi connectivity index (χ1n) is 6.61. The van der Waals surface area contributed by atoms with Crippen molar-refractivity contribution in [1.82, 2.24) is 9.80 Å². The smallest absolute Gasteiger partial charge is 0.223 e. The maximum atomic E-state index is 12.0. The molecule has 4 nitrogen and oxygen atoms in total. The third kappa shape index (κ3) is 4.28. The lowest BCUT2D eigenvalue weighted by molar-refractivity contribution is -0.131. The van der Waals surface area contributed by atoms with E-state index in [4.69, 9.17) is 5.73 Å². The third-order valence-electron chi connectivity index (χ3n) is 3.85. The van der Waals surface area contributed by atoms with Gasteiger partial charge in [-0.15, -0.1) is 0 Å². The molecule has 1 heterocycles. The van der Waals surface area contributed by atoms with E-state index >= 15 is 0 Å². The maximum absolute atomic E-state index is 12.0. The van der Waals surface area contributed by atoms with Crippen molar-refractivity contribution in [3.05, 3.63) is 0 Å². The van der Waals surface area contributed by atoms with E-state index in [2.05, 4.69) is 25.8 Å². The van der Waals surface area contributed by atoms with E-state index in [0.717, 1.165) is 13.1 Å². The summed E-state index contributed by atoms with van der Waals surface area (Å²) in [6, 6.07) is 0.505. The van der Waals surface area contributed by atoms with E-state index in [1.54, 1.807) is 0 Å². The monoisotopic (exact) mass is 241 g/mol. The summed E-state index contributed by atoms with van der Waals surface area (Å²) >= 11 is 0. The van der Waals surface area contributed by atoms with Gasteiger partial charge < -0.3 is 15.5 Å². The number of hydrogen-bond acceptors (Lipinski definition) is 3. The lowest BCUT2D eigenvalue weighted by atomic mass is 10.0. The summed E-state index contributed by atoms with van der Waals surface area (Å²) in [5.74, 6) is 0.535. The van der Waals surface area contributed by atoms with Crippen molar-refractivity contribution in [3.8, 4) is 0 Å². The number of nitrogens with zero attached hydrogens (tertiary/aromatic N) is 2. The molecule has 2 N–H and O–H groups in total. The highest BCUT2D eigenvalue weighted by molar-refractivity contribution is 5.76. The summed E-state index contributed by atoms with van der Waals surface area (Å²) in [6.45, 7) is 6.10. The zero-order valence-corrected chi connectivity index (χ0v) is 11.6. The van der Waals surface area contributed by atoms with E-state index in [1.165, 1.54) is 12.8 Å². The van der Waals surface area contributed by atoms with Crippen LogP contribution in [0, 0.1) is 5.92 Å². The van der Waals surface area contributed by atoms with Crippen molar-refractivity contribution in [2.45, 2.75) is 45.2 Å². The molecule has 1 aliphatic heterocycles. The molecular formula is C13H27N3O. The number of likely N-dealkylation sites (N-methyl/N-ethyl adjacent to an activating group) is 2. The van der Waals surface area contributed by atoms with Gasteiger partial charge in [0.2, 0.25) is 5.91 Å². The molecular weight excluding hydrogens is 214 g/mol. The van der Waals surface area contributed by atoms with Crippen LogP contribution in [0.3, 0.4) is 0 Å². The van der Waals surface area contributed by atoms with Gasteiger partial charge in [-0.2, -0.15) is 0 Å². The number of amides is 1. The molecule has 0 radical (unpaired) electrons. The van der Waals surface area contributed by atoms with E-state index in [9.17, 15) is 4.79 Å². The first-order chi connectivity index (χ1) is 7.91. The molecule has 1 aliphatic rings. The number of carbonyl (C=O) groups is 1. The molecule has 0 saturated carbocycles. The molecule has 0 spiro atoms. The van der Waals surface area contributed by atoms with Gasteiger partial charge in [0.05, 0.1) is 0 Å². The van der Waals surface area contributed by atoms with E-state index < -0.39 is 0 Å². The fraction of sp³-hybridized carbons (Fsp3) is 0.923. The van der Waals surface area contributed by atoms with Crippen LogP contribution in [-0.2, 0) is 4.79 Å². The molecule has 2 atom stereocenters. The van der Waals surface area contributed by atoms with Gasteiger partial charge in [0, 0.05) is 32.1 Å². The van der Waals surface area contributed by atoms with Gasteiger partial charge in [-0.05, 0) is 32.4 Å². The molecule has 0 bridgehead atoms. The Hall–Kier alpha value is -0.610. The predicted molar refractivity (Wildman–Crippen MR) is 70.7 cm³/mol. The van der Waals surface area contributed by atoms with Crippen LogP contribution in [-0.4, -0.2) is 55.0 Å². The van der Waals surface area contributed by atoms with Crippen molar-refractivity contribution in [2.75, 3.05) is 27.2 Å². The van der Waals surface area contributed by atoms with Crippen LogP contribution < -0.4 is 5.73 Å². The average molecular weight is 241 g/mol. The molecule has 0 aromatic heterocycles. The molecule has 0 aromatic carbocycles. The number of carbonyl (C=O) groups excluding carboxylic acids is 1. The standard InChI is InChI=1S/C13H27N3O/c1-10(2)12(14)8-13(17)16(4)9-11-6-5-7-15(11)3/h10-12H,5-9,14H2,1-4H3. The van der Waals surface area contributed by atoms with E-state index in [-0.39, 0.29) is 11.9 Å². The van der Waals surface area contributed by atoms with Crippen LogP contribution in [0.15, 0.2) is 0 Å². The Morgan fingerprint density at radius 1 is 1.53 bits per heavy atom. The summed E-state index contributed by atoms with van der Waals surface area (Å²) in [5, 5.41) is 0. The van der Waals surface area contributed by atoms with Crippen LogP contribution in [0.25, 0.3) is 0 Å². The predicted octanol–water partition coefficient (Wildman–Crippen LogP) is 0.912. The van der Waals surface area contributed by atoms with Gasteiger partial charge in [0.1, 0.15) is 0 Å². The Bertz CT molecular complexity index is 255. The second-order valence-corrected chi connectivity index (χ2v) is 5.66. The molecule has 2 unspecified atom stereocenters. The maximum Gasteiger partial charge on any atom is 0.223 e. The highest BCUT2D eigenvalue weighted by atomic mass is 16.2. The SMILES string of the molecule is CC(C)C(N)CC(=O)N(C)CC1CCCN1C. The second kappa shape index (κ2) is 6.36. The van der Waals surface area contributed by atoms with Crippen LogP contribution >= 0.6 is 0 Å². The lowest BCUT2D eigenvalue weighted by Crippen LogP contribution is -2.42. The zero-order chi connectivity index (χ0) is 13.0. The van der Waals surface area contributed by atoms with Crippen molar-refractivity contribution in [1.29, 1.82) is 0 Å². The van der Waals surface area contributed by atoms with E-state index in [1.807, 2.05) is 11.9 Å². The molecule has 1 fully saturated rings. The number of hydrogen-bond donors (Lipinski definition) is 1. The van der Waals surface area contributed by atoms with Crippen LogP contribution in [0.1, 0.15) is 33.1 Å². The van der Waals surface area contributed by atoms with E-state index in [0.29, 0.717) is 18.4 Å². The highest BCUT2D eigenvalue weighted by Gasteiger charge is 2.24. The molecule has 0 aromatic rings. The van der Waals surface area contributed by atoms with Gasteiger partial charge in [0.15, 0.2) is 0 Å². The minimum Gasteiger partial charge on any atom is -0.344 e. The van der Waals surface area contributed by atoms with Gasteiger partial charge in [0.25, 0.3) is 0 Å². The Morgan fingerprint density at radius 2 is 2.18 bits per heavy atom. The van der Waals surface area contributed by atoms with Gasteiger partial charge in [-0.3, -0.25) is 4.79 Å². The fourth-order valence-corrected chi connectivity index (χ4v) is 2.22. The largest absolute Gasteiger partial charge is 0.344 e. The minimum atomic E-state index is -0.0220. The van der Waals surface area contributed by atoms with Crippen molar-refractivity contribution in [2.24, 2.45) is 11.7 Å². The van der Waals surface area contributed by atoms with Crippen LogP contribution in [0.4, 0.5) is 0 Å². The average Bonchev–Trinajstić information content (AvgIpc) is 2.64. The van der Waals surface area contributed by atoms with Crippen molar-refractivity contribution < 1.29 is 4.79 Å². The molecule has 1 amide bonds. The Kier molecular flexibility index (Phi) is 5.40. The van der Waals surface area contributed by atoms with Gasteiger partial charge in [-0.25, -0.2) is 0 Å². The number of likely N-dealkylation sites (tertiary alicyclic amines) is 1. The molecule has 1 rings (SSSR count). The summed E-state index contributed by atoms with van der Waals surface area (Å²) < 4.78 is 0. The van der Waals surface area contributed by atoms with Crippen molar-refractivity contribution in [3.63, 3.8) is 0 Å². The van der Waals surface area contributed by atoms with Gasteiger partial charge >= 0.3 is 0 Å². The summed E-state index contributed by atoms with van der Waals surface area (Å²) in [5.41, 5.74) is 5.93. The van der Waals surface area contributed by atoms with Crippen LogP contribution in [0.2, 0.25) is 0 Å². The Morgan fingerprint density at radius 3 is 2.65 bits per heavy atom. The second-order valence-electron chi connectivity index (χ2n) is 5.66. The first kappa shape index (κ1) is 14.5. The number of rotatable bonds is 5. The lowest BCUT2D eigenvalue weighted by Gasteiger charge is -2.27.